The van der Waals surface area contributed by atoms with Gasteiger partial charge >= 0.3 is 0 Å². The molecule has 220 valence electrons. The Kier molecular flexibility index (Phi) is 10.3. The van der Waals surface area contributed by atoms with E-state index in [9.17, 15) is 18.0 Å². The Labute approximate surface area is 255 Å². The quantitative estimate of drug-likeness (QED) is 0.337. The summed E-state index contributed by atoms with van der Waals surface area (Å²) >= 11 is 18.3. The van der Waals surface area contributed by atoms with E-state index in [0.717, 1.165) is 6.07 Å². The molecule has 4 rings (SSSR count). The number of rotatable bonds is 9. The van der Waals surface area contributed by atoms with Gasteiger partial charge in [0.25, 0.3) is 10.0 Å². The minimum Gasteiger partial charge on any atom is -0.453 e. The maximum atomic E-state index is 15.3. The second-order valence-corrected chi connectivity index (χ2v) is 12.0. The Morgan fingerprint density at radius 2 is 1.76 bits per heavy atom. The first-order valence-electron chi connectivity index (χ1n) is 12.3. The molecule has 0 aliphatic carbocycles. The summed E-state index contributed by atoms with van der Waals surface area (Å²) in [7, 11) is -4.23. The fraction of sp³-hybridized carbons (Fsp3) is 0.222. The molecule has 0 bridgehead atoms. The van der Waals surface area contributed by atoms with Crippen molar-refractivity contribution in [1.82, 2.24) is 9.62 Å². The molecule has 1 fully saturated rings. The van der Waals surface area contributed by atoms with Crippen LogP contribution in [0.3, 0.4) is 0 Å². The highest BCUT2D eigenvalue weighted by Gasteiger charge is 2.23. The molecule has 0 aromatic heterocycles. The van der Waals surface area contributed by atoms with Gasteiger partial charge < -0.3 is 14.8 Å². The first kappa shape index (κ1) is 31.5. The molecule has 2 N–H and O–H groups in total. The largest absolute Gasteiger partial charge is 0.453 e. The van der Waals surface area contributed by atoms with Crippen molar-refractivity contribution in [2.45, 2.75) is 11.3 Å². The Morgan fingerprint density at radius 1 is 1.02 bits per heavy atom. The van der Waals surface area contributed by atoms with Crippen molar-refractivity contribution in [2.75, 3.05) is 38.2 Å². The lowest BCUT2D eigenvalue weighted by Crippen LogP contribution is -2.44. The SMILES string of the molecule is N#Cc1cc(Cl)cc(Oc2c(Cl)ccc(CC(=O)Nc3ccc(S(=O)(=O)NC(=O)CN4CCOCC4)cc3Cl)c2F)c1. The van der Waals surface area contributed by atoms with E-state index in [1.165, 1.54) is 42.5 Å². The van der Waals surface area contributed by atoms with Crippen LogP contribution < -0.4 is 14.8 Å². The van der Waals surface area contributed by atoms with Crippen LogP contribution >= 0.6 is 34.8 Å². The van der Waals surface area contributed by atoms with Crippen LogP contribution in [0.15, 0.2) is 53.4 Å². The highest BCUT2D eigenvalue weighted by molar-refractivity contribution is 7.90. The van der Waals surface area contributed by atoms with Crippen LogP contribution in [-0.2, 0) is 30.8 Å². The predicted octanol–water partition coefficient (Wildman–Crippen LogP) is 4.77. The summed E-state index contributed by atoms with van der Waals surface area (Å²) in [5.41, 5.74) is 0.192. The van der Waals surface area contributed by atoms with E-state index in [0.29, 0.717) is 26.3 Å². The summed E-state index contributed by atoms with van der Waals surface area (Å²) in [5, 5.41) is 11.6. The highest BCUT2D eigenvalue weighted by Crippen LogP contribution is 2.35. The molecule has 0 radical (unpaired) electrons. The molecule has 1 aliphatic heterocycles. The number of hydrogen-bond donors (Lipinski definition) is 2. The maximum Gasteiger partial charge on any atom is 0.264 e. The Morgan fingerprint density at radius 3 is 2.45 bits per heavy atom. The highest BCUT2D eigenvalue weighted by atomic mass is 35.5. The average molecular weight is 656 g/mol. The van der Waals surface area contributed by atoms with Crippen LogP contribution in [0.1, 0.15) is 11.1 Å². The molecule has 0 spiro atoms. The van der Waals surface area contributed by atoms with Crippen molar-refractivity contribution in [3.8, 4) is 17.6 Å². The number of benzene rings is 3. The van der Waals surface area contributed by atoms with Gasteiger partial charge in [0, 0.05) is 23.7 Å². The number of carbonyl (C=O) groups excluding carboxylic acids is 2. The smallest absolute Gasteiger partial charge is 0.264 e. The van der Waals surface area contributed by atoms with Gasteiger partial charge in [-0.2, -0.15) is 5.26 Å². The van der Waals surface area contributed by atoms with Gasteiger partial charge in [0.1, 0.15) is 5.75 Å². The fourth-order valence-corrected chi connectivity index (χ4v) is 5.65. The van der Waals surface area contributed by atoms with Gasteiger partial charge in [-0.3, -0.25) is 14.5 Å². The van der Waals surface area contributed by atoms with E-state index >= 15 is 4.39 Å². The number of ether oxygens (including phenoxy) is 2. The number of morpholine rings is 1. The maximum absolute atomic E-state index is 15.3. The zero-order chi connectivity index (χ0) is 30.4. The second-order valence-electron chi connectivity index (χ2n) is 9.02. The van der Waals surface area contributed by atoms with Crippen molar-refractivity contribution in [3.63, 3.8) is 0 Å². The number of hydrogen-bond acceptors (Lipinski definition) is 8. The summed E-state index contributed by atoms with van der Waals surface area (Å²) < 4.78 is 53.4. The van der Waals surface area contributed by atoms with Crippen LogP contribution in [0, 0.1) is 17.1 Å². The topological polar surface area (TPSA) is 138 Å². The lowest BCUT2D eigenvalue weighted by Gasteiger charge is -2.25. The molecule has 1 heterocycles. The number of halogens is 4. The molecule has 1 aliphatic rings. The fourth-order valence-electron chi connectivity index (χ4n) is 3.94. The van der Waals surface area contributed by atoms with Gasteiger partial charge in [0.05, 0.1) is 58.4 Å². The zero-order valence-corrected chi connectivity index (χ0v) is 24.7. The molecule has 15 heteroatoms. The standard InChI is InChI=1S/C27H22Cl3FN4O6S/c28-18-9-16(14-32)10-19(12-18)41-27-21(29)3-1-17(26(27)31)11-24(36)33-23-4-2-20(13-22(23)30)42(38,39)34-25(37)15-35-5-7-40-8-6-35/h1-4,9-10,12-13H,5-8,11,15H2,(H,33,36)(H,34,37). The van der Waals surface area contributed by atoms with E-state index in [4.69, 9.17) is 49.5 Å². The number of anilines is 1. The predicted molar refractivity (Wildman–Crippen MR) is 154 cm³/mol. The lowest BCUT2D eigenvalue weighted by atomic mass is 10.1. The first-order valence-corrected chi connectivity index (χ1v) is 14.9. The van der Waals surface area contributed by atoms with Crippen molar-refractivity contribution in [2.24, 2.45) is 0 Å². The number of nitrogens with one attached hydrogen (secondary N) is 2. The van der Waals surface area contributed by atoms with Gasteiger partial charge in [0.2, 0.25) is 11.8 Å². The molecule has 0 saturated carbocycles. The van der Waals surface area contributed by atoms with Gasteiger partial charge in [-0.15, -0.1) is 0 Å². The van der Waals surface area contributed by atoms with Gasteiger partial charge in [-0.05, 0) is 42.5 Å². The van der Waals surface area contributed by atoms with Crippen LogP contribution in [0.2, 0.25) is 15.1 Å². The molecule has 3 aromatic carbocycles. The van der Waals surface area contributed by atoms with Gasteiger partial charge in [-0.1, -0.05) is 40.9 Å². The normalized spacial score (nSPS) is 13.7. The Bertz CT molecular complexity index is 1680. The second kappa shape index (κ2) is 13.7. The molecular formula is C27H22Cl3FN4O6S. The zero-order valence-electron chi connectivity index (χ0n) is 21.6. The van der Waals surface area contributed by atoms with Crippen LogP contribution in [0.25, 0.3) is 0 Å². The molecule has 1 saturated heterocycles. The summed E-state index contributed by atoms with van der Waals surface area (Å²) in [5.74, 6) is -2.58. The number of amides is 2. The summed E-state index contributed by atoms with van der Waals surface area (Å²) in [6, 6.07) is 12.2. The van der Waals surface area contributed by atoms with E-state index in [1.54, 1.807) is 4.90 Å². The lowest BCUT2D eigenvalue weighted by molar-refractivity contribution is -0.121. The van der Waals surface area contributed by atoms with Crippen LogP contribution in [0.4, 0.5) is 10.1 Å². The third kappa shape index (κ3) is 8.10. The first-order chi connectivity index (χ1) is 19.9. The van der Waals surface area contributed by atoms with Crippen molar-refractivity contribution in [3.05, 3.63) is 80.5 Å². The van der Waals surface area contributed by atoms with Crippen molar-refractivity contribution < 1.29 is 31.9 Å². The van der Waals surface area contributed by atoms with Crippen LogP contribution in [-0.4, -0.2) is 58.0 Å². The van der Waals surface area contributed by atoms with Gasteiger partial charge in [0.15, 0.2) is 11.6 Å². The third-order valence-corrected chi connectivity index (χ3v) is 8.14. The molecule has 0 atom stereocenters. The van der Waals surface area contributed by atoms with Gasteiger partial charge in [-0.25, -0.2) is 17.5 Å². The Balaban J connectivity index is 1.42. The monoisotopic (exact) mass is 654 g/mol. The van der Waals surface area contributed by atoms with E-state index in [2.05, 4.69) is 5.32 Å². The molecule has 10 nitrogen and oxygen atoms in total. The molecule has 0 unspecified atom stereocenters. The van der Waals surface area contributed by atoms with Crippen LogP contribution in [0.5, 0.6) is 11.5 Å². The summed E-state index contributed by atoms with van der Waals surface area (Å²) in [6.07, 6.45) is -0.452. The molecule has 42 heavy (non-hydrogen) atoms. The number of nitrogens with zero attached hydrogens (tertiary/aromatic N) is 2. The number of sulfonamides is 1. The molecule has 2 amide bonds. The van der Waals surface area contributed by atoms with Crippen molar-refractivity contribution in [1.29, 1.82) is 5.26 Å². The number of nitriles is 1. The minimum atomic E-state index is -4.23. The minimum absolute atomic E-state index is 0.0623. The Hall–Kier alpha value is -3.44. The van der Waals surface area contributed by atoms with E-state index < -0.39 is 34.1 Å². The van der Waals surface area contributed by atoms with E-state index in [1.807, 2.05) is 10.8 Å². The summed E-state index contributed by atoms with van der Waals surface area (Å²) in [6.45, 7) is 1.81. The molecular weight excluding hydrogens is 634 g/mol. The number of carbonyl (C=O) groups is 2. The summed E-state index contributed by atoms with van der Waals surface area (Å²) in [4.78, 5) is 26.5. The van der Waals surface area contributed by atoms with Crippen molar-refractivity contribution >= 4 is 62.3 Å². The third-order valence-electron chi connectivity index (χ3n) is 5.94. The molecule has 3 aromatic rings. The van der Waals surface area contributed by atoms with E-state index in [-0.39, 0.29) is 54.8 Å². The average Bonchev–Trinajstić information content (AvgIpc) is 2.93.